The third-order valence-corrected chi connectivity index (χ3v) is 6.90. The SMILES string of the molecule is COc1ccc(COC2(c3cc4c(NCCc5cccc(C(F)F)c5F)ncnc4n(C)c3=O)CC2)cc1. The third-order valence-electron chi connectivity index (χ3n) is 6.90. The second-order valence-corrected chi connectivity index (χ2v) is 9.31. The summed E-state index contributed by atoms with van der Waals surface area (Å²) in [5, 5.41) is 3.77. The zero-order chi connectivity index (χ0) is 26.9. The van der Waals surface area contributed by atoms with E-state index in [-0.39, 0.29) is 24.1 Å². The fourth-order valence-electron chi connectivity index (χ4n) is 4.56. The maximum atomic E-state index is 14.4. The van der Waals surface area contributed by atoms with Crippen LogP contribution >= 0.6 is 0 Å². The molecule has 4 aromatic rings. The monoisotopic (exact) mass is 524 g/mol. The molecular weight excluding hydrogens is 497 g/mol. The summed E-state index contributed by atoms with van der Waals surface area (Å²) in [5.41, 5.74) is 0.602. The Bertz CT molecular complexity index is 1520. The number of hydrogen-bond donors (Lipinski definition) is 1. The molecule has 2 heterocycles. The number of anilines is 1. The van der Waals surface area contributed by atoms with Crippen LogP contribution in [0.25, 0.3) is 11.0 Å². The summed E-state index contributed by atoms with van der Waals surface area (Å²) in [7, 11) is 3.26. The van der Waals surface area contributed by atoms with E-state index >= 15 is 0 Å². The van der Waals surface area contributed by atoms with E-state index in [0.29, 0.717) is 41.9 Å². The largest absolute Gasteiger partial charge is 0.497 e. The quantitative estimate of drug-likeness (QED) is 0.304. The predicted molar refractivity (Wildman–Crippen MR) is 137 cm³/mol. The molecule has 1 saturated carbocycles. The van der Waals surface area contributed by atoms with Crippen molar-refractivity contribution >= 4 is 16.9 Å². The minimum absolute atomic E-state index is 0.172. The maximum Gasteiger partial charge on any atom is 0.266 e. The molecule has 0 radical (unpaired) electrons. The van der Waals surface area contributed by atoms with Crippen LogP contribution in [-0.2, 0) is 30.4 Å². The molecule has 2 aromatic heterocycles. The van der Waals surface area contributed by atoms with Gasteiger partial charge in [-0.1, -0.05) is 30.3 Å². The van der Waals surface area contributed by atoms with E-state index in [1.165, 1.54) is 23.0 Å². The van der Waals surface area contributed by atoms with Gasteiger partial charge in [-0.2, -0.15) is 0 Å². The number of nitrogens with zero attached hydrogens (tertiary/aromatic N) is 3. The molecule has 0 amide bonds. The van der Waals surface area contributed by atoms with Crippen LogP contribution in [0.15, 0.2) is 59.7 Å². The van der Waals surface area contributed by atoms with E-state index in [2.05, 4.69) is 15.3 Å². The fourth-order valence-corrected chi connectivity index (χ4v) is 4.56. The van der Waals surface area contributed by atoms with Gasteiger partial charge in [0.2, 0.25) is 0 Å². The fraction of sp³-hybridized carbons (Fsp3) is 0.321. The van der Waals surface area contributed by atoms with Gasteiger partial charge in [-0.15, -0.1) is 0 Å². The van der Waals surface area contributed by atoms with E-state index in [0.717, 1.165) is 17.4 Å². The molecule has 1 N–H and O–H groups in total. The normalized spacial score (nSPS) is 14.2. The molecule has 198 valence electrons. The summed E-state index contributed by atoms with van der Waals surface area (Å²) in [6.45, 7) is 0.581. The van der Waals surface area contributed by atoms with Gasteiger partial charge in [-0.3, -0.25) is 9.36 Å². The highest BCUT2D eigenvalue weighted by Gasteiger charge is 2.48. The second-order valence-electron chi connectivity index (χ2n) is 9.31. The lowest BCUT2D eigenvalue weighted by atomic mass is 10.1. The Morgan fingerprint density at radius 1 is 1.13 bits per heavy atom. The van der Waals surface area contributed by atoms with E-state index in [1.807, 2.05) is 24.3 Å². The first-order valence-electron chi connectivity index (χ1n) is 12.2. The lowest BCUT2D eigenvalue weighted by Crippen LogP contribution is -2.29. The number of rotatable bonds is 10. The van der Waals surface area contributed by atoms with Gasteiger partial charge in [0.1, 0.15) is 29.4 Å². The number of benzene rings is 2. The minimum atomic E-state index is -2.88. The Morgan fingerprint density at radius 2 is 1.89 bits per heavy atom. The Hall–Kier alpha value is -3.92. The number of aryl methyl sites for hydroxylation is 1. The van der Waals surface area contributed by atoms with Gasteiger partial charge in [-0.25, -0.2) is 23.1 Å². The number of hydrogen-bond acceptors (Lipinski definition) is 6. The second kappa shape index (κ2) is 10.4. The van der Waals surface area contributed by atoms with Crippen molar-refractivity contribution in [3.05, 3.63) is 93.3 Å². The summed E-state index contributed by atoms with van der Waals surface area (Å²) in [4.78, 5) is 21.9. The Labute approximate surface area is 217 Å². The summed E-state index contributed by atoms with van der Waals surface area (Å²) in [6.07, 6.45) is 0.0515. The van der Waals surface area contributed by atoms with Gasteiger partial charge >= 0.3 is 0 Å². The van der Waals surface area contributed by atoms with Crippen molar-refractivity contribution in [2.24, 2.45) is 7.05 Å². The molecule has 1 fully saturated rings. The van der Waals surface area contributed by atoms with E-state index < -0.39 is 23.4 Å². The van der Waals surface area contributed by atoms with Crippen molar-refractivity contribution in [1.82, 2.24) is 14.5 Å². The number of nitrogens with one attached hydrogen (secondary N) is 1. The topological polar surface area (TPSA) is 78.3 Å². The molecule has 10 heteroatoms. The van der Waals surface area contributed by atoms with Gasteiger partial charge < -0.3 is 14.8 Å². The van der Waals surface area contributed by atoms with Crippen LogP contribution in [0.1, 0.15) is 41.5 Å². The van der Waals surface area contributed by atoms with Crippen molar-refractivity contribution in [3.63, 3.8) is 0 Å². The molecule has 0 bridgehead atoms. The van der Waals surface area contributed by atoms with Crippen LogP contribution in [0.3, 0.4) is 0 Å². The van der Waals surface area contributed by atoms with Gasteiger partial charge in [0.05, 0.1) is 35.8 Å². The highest BCUT2D eigenvalue weighted by atomic mass is 19.3. The first-order chi connectivity index (χ1) is 18.3. The first-order valence-corrected chi connectivity index (χ1v) is 12.2. The minimum Gasteiger partial charge on any atom is -0.497 e. The Morgan fingerprint density at radius 3 is 2.58 bits per heavy atom. The molecule has 38 heavy (non-hydrogen) atoms. The van der Waals surface area contributed by atoms with Crippen molar-refractivity contribution in [3.8, 4) is 5.75 Å². The number of methoxy groups -OCH3 is 1. The third kappa shape index (κ3) is 4.96. The molecule has 0 aliphatic heterocycles. The smallest absolute Gasteiger partial charge is 0.266 e. The van der Waals surface area contributed by atoms with E-state index in [9.17, 15) is 18.0 Å². The summed E-state index contributed by atoms with van der Waals surface area (Å²) in [6, 6.07) is 13.3. The molecule has 1 aliphatic rings. The molecule has 7 nitrogen and oxygen atoms in total. The van der Waals surface area contributed by atoms with E-state index in [1.54, 1.807) is 20.2 Å². The van der Waals surface area contributed by atoms with Gasteiger partial charge in [-0.05, 0) is 48.6 Å². The summed E-state index contributed by atoms with van der Waals surface area (Å²) in [5.74, 6) is 0.317. The zero-order valence-corrected chi connectivity index (χ0v) is 21.0. The van der Waals surface area contributed by atoms with Crippen LogP contribution in [-0.4, -0.2) is 28.2 Å². The van der Waals surface area contributed by atoms with Crippen molar-refractivity contribution < 1.29 is 22.6 Å². The highest BCUT2D eigenvalue weighted by molar-refractivity contribution is 5.87. The number of alkyl halides is 2. The number of fused-ring (bicyclic) bond motifs is 1. The van der Waals surface area contributed by atoms with Crippen molar-refractivity contribution in [1.29, 1.82) is 0 Å². The average Bonchev–Trinajstić information content (AvgIpc) is 3.71. The first kappa shape index (κ1) is 25.7. The van der Waals surface area contributed by atoms with Gasteiger partial charge in [0.25, 0.3) is 12.0 Å². The lowest BCUT2D eigenvalue weighted by molar-refractivity contribution is 0.0161. The van der Waals surface area contributed by atoms with Crippen LogP contribution in [0.5, 0.6) is 5.75 Å². The molecular formula is C28H27F3N4O3. The molecule has 0 saturated heterocycles. The predicted octanol–water partition coefficient (Wildman–Crippen LogP) is 5.27. The van der Waals surface area contributed by atoms with Crippen LogP contribution in [0, 0.1) is 5.82 Å². The lowest BCUT2D eigenvalue weighted by Gasteiger charge is -2.19. The van der Waals surface area contributed by atoms with Crippen molar-refractivity contribution in [2.45, 2.75) is 37.9 Å². The maximum absolute atomic E-state index is 14.4. The summed E-state index contributed by atoms with van der Waals surface area (Å²) >= 11 is 0. The van der Waals surface area contributed by atoms with Crippen LogP contribution in [0.4, 0.5) is 19.0 Å². The average molecular weight is 525 g/mol. The highest BCUT2D eigenvalue weighted by Crippen LogP contribution is 2.49. The molecule has 0 atom stereocenters. The molecule has 1 aliphatic carbocycles. The Balaban J connectivity index is 1.38. The number of pyridine rings is 1. The molecule has 5 rings (SSSR count). The molecule has 2 aromatic carbocycles. The number of aromatic nitrogens is 3. The van der Waals surface area contributed by atoms with Gasteiger partial charge in [0, 0.05) is 13.6 Å². The molecule has 0 unspecified atom stereocenters. The standard InChI is InChI=1S/C28H27F3N4O3/c1-35-26-21(25(33-16-34-26)32-13-10-18-4-3-5-20(23(18)29)24(30)31)14-22(27(35)36)28(11-12-28)38-15-17-6-8-19(37-2)9-7-17/h3-9,14,16,24H,10-13,15H2,1-2H3,(H,32,33,34). The van der Waals surface area contributed by atoms with Crippen LogP contribution in [0.2, 0.25) is 0 Å². The number of halogens is 3. The number of ether oxygens (including phenoxy) is 2. The molecule has 0 spiro atoms. The Kier molecular flexibility index (Phi) is 7.07. The van der Waals surface area contributed by atoms with Crippen LogP contribution < -0.4 is 15.6 Å². The van der Waals surface area contributed by atoms with E-state index in [4.69, 9.17) is 9.47 Å². The summed E-state index contributed by atoms with van der Waals surface area (Å²) < 4.78 is 53.5. The zero-order valence-electron chi connectivity index (χ0n) is 21.0. The van der Waals surface area contributed by atoms with Crippen molar-refractivity contribution in [2.75, 3.05) is 19.0 Å². The van der Waals surface area contributed by atoms with Gasteiger partial charge in [0.15, 0.2) is 0 Å².